The summed E-state index contributed by atoms with van der Waals surface area (Å²) in [6.45, 7) is 2.80. The summed E-state index contributed by atoms with van der Waals surface area (Å²) in [5.74, 6) is 0.521. The van der Waals surface area contributed by atoms with E-state index in [2.05, 4.69) is 20.1 Å². The van der Waals surface area contributed by atoms with Crippen LogP contribution in [-0.2, 0) is 0 Å². The van der Waals surface area contributed by atoms with E-state index < -0.39 is 0 Å². The number of anilines is 1. The van der Waals surface area contributed by atoms with E-state index in [-0.39, 0.29) is 11.9 Å². The van der Waals surface area contributed by atoms with Crippen molar-refractivity contribution >= 4 is 11.5 Å². The Morgan fingerprint density at radius 3 is 2.93 bits per heavy atom. The molecule has 1 unspecified atom stereocenters. The van der Waals surface area contributed by atoms with Gasteiger partial charge < -0.3 is 4.90 Å². The van der Waals surface area contributed by atoms with E-state index in [9.17, 15) is 4.39 Å². The standard InChI is InChI=1S/C19H18FN7/c1-13-10-22-27(12-13)16-11-23-26-9-6-17(24-19(16)26)25-8-3-5-15(25)18-14(20)4-2-7-21-18/h2,4,6-7,9-12,15H,3,5,8H2,1H3. The minimum Gasteiger partial charge on any atom is -0.348 e. The van der Waals surface area contributed by atoms with Crippen molar-refractivity contribution in [2.75, 3.05) is 11.4 Å². The molecule has 7 nitrogen and oxygen atoms in total. The molecule has 0 radical (unpaired) electrons. The van der Waals surface area contributed by atoms with E-state index in [0.717, 1.165) is 36.5 Å². The molecule has 8 heteroatoms. The highest BCUT2D eigenvalue weighted by Gasteiger charge is 2.30. The van der Waals surface area contributed by atoms with Crippen LogP contribution in [0.1, 0.15) is 30.1 Å². The lowest BCUT2D eigenvalue weighted by Crippen LogP contribution is -2.25. The monoisotopic (exact) mass is 363 g/mol. The van der Waals surface area contributed by atoms with Gasteiger partial charge in [-0.1, -0.05) is 0 Å². The fourth-order valence-corrected chi connectivity index (χ4v) is 3.68. The molecule has 27 heavy (non-hydrogen) atoms. The fraction of sp³-hybridized carbons (Fsp3) is 0.263. The molecule has 1 aliphatic rings. The Balaban J connectivity index is 1.57. The number of aromatic nitrogens is 6. The molecular formula is C19H18FN7. The number of aryl methyl sites for hydroxylation is 1. The predicted molar refractivity (Wildman–Crippen MR) is 98.4 cm³/mol. The van der Waals surface area contributed by atoms with Crippen molar-refractivity contribution in [1.29, 1.82) is 0 Å². The number of hydrogen-bond donors (Lipinski definition) is 0. The lowest BCUT2D eigenvalue weighted by molar-refractivity contribution is 0.562. The van der Waals surface area contributed by atoms with E-state index >= 15 is 0 Å². The lowest BCUT2D eigenvalue weighted by atomic mass is 10.1. The highest BCUT2D eigenvalue weighted by molar-refractivity contribution is 5.61. The summed E-state index contributed by atoms with van der Waals surface area (Å²) in [4.78, 5) is 11.2. The first kappa shape index (κ1) is 15.9. The molecule has 0 N–H and O–H groups in total. The average Bonchev–Trinajstić information content (AvgIpc) is 3.40. The van der Waals surface area contributed by atoms with E-state index in [1.165, 1.54) is 6.07 Å². The van der Waals surface area contributed by atoms with Gasteiger partial charge in [0.25, 0.3) is 0 Å². The van der Waals surface area contributed by atoms with Crippen LogP contribution in [-0.4, -0.2) is 35.9 Å². The van der Waals surface area contributed by atoms with Gasteiger partial charge in [-0.15, -0.1) is 0 Å². The van der Waals surface area contributed by atoms with Crippen molar-refractivity contribution in [2.24, 2.45) is 0 Å². The van der Waals surface area contributed by atoms with Gasteiger partial charge in [0.05, 0.1) is 24.1 Å². The van der Waals surface area contributed by atoms with Crippen LogP contribution in [0.2, 0.25) is 0 Å². The molecule has 0 bridgehead atoms. The second kappa shape index (κ2) is 6.15. The third-order valence-electron chi connectivity index (χ3n) is 4.94. The Bertz CT molecular complexity index is 1120. The first-order valence-corrected chi connectivity index (χ1v) is 8.94. The zero-order valence-electron chi connectivity index (χ0n) is 14.8. The maximum absolute atomic E-state index is 14.3. The number of halogens is 1. The highest BCUT2D eigenvalue weighted by atomic mass is 19.1. The van der Waals surface area contributed by atoms with Crippen LogP contribution in [0, 0.1) is 12.7 Å². The summed E-state index contributed by atoms with van der Waals surface area (Å²) in [5.41, 5.74) is 3.07. The molecule has 0 amide bonds. The van der Waals surface area contributed by atoms with Gasteiger partial charge in [0.1, 0.15) is 17.3 Å². The molecule has 0 aliphatic carbocycles. The minimum absolute atomic E-state index is 0.112. The van der Waals surface area contributed by atoms with Crippen LogP contribution in [0.25, 0.3) is 11.3 Å². The molecular weight excluding hydrogens is 345 g/mol. The van der Waals surface area contributed by atoms with Gasteiger partial charge in [0.15, 0.2) is 5.65 Å². The van der Waals surface area contributed by atoms with E-state index in [1.807, 2.05) is 25.4 Å². The van der Waals surface area contributed by atoms with Crippen LogP contribution in [0.5, 0.6) is 0 Å². The summed E-state index contributed by atoms with van der Waals surface area (Å²) >= 11 is 0. The van der Waals surface area contributed by atoms with Crippen molar-refractivity contribution in [3.8, 4) is 5.69 Å². The molecule has 0 aromatic carbocycles. The van der Waals surface area contributed by atoms with Gasteiger partial charge in [0, 0.05) is 25.1 Å². The molecule has 1 fully saturated rings. The van der Waals surface area contributed by atoms with Crippen molar-refractivity contribution in [2.45, 2.75) is 25.8 Å². The summed E-state index contributed by atoms with van der Waals surface area (Å²) in [7, 11) is 0. The zero-order valence-corrected chi connectivity index (χ0v) is 14.8. The Hall–Kier alpha value is -3.29. The number of nitrogens with zero attached hydrogens (tertiary/aromatic N) is 7. The number of hydrogen-bond acceptors (Lipinski definition) is 5. The normalized spacial score (nSPS) is 17.1. The second-order valence-corrected chi connectivity index (χ2v) is 6.77. The zero-order chi connectivity index (χ0) is 18.4. The highest BCUT2D eigenvalue weighted by Crippen LogP contribution is 2.35. The SMILES string of the molecule is Cc1cnn(-c2cnn3ccc(N4CCCC4c4ncccc4F)nc23)c1. The molecule has 0 spiro atoms. The molecule has 136 valence electrons. The second-order valence-electron chi connectivity index (χ2n) is 6.77. The van der Waals surface area contributed by atoms with Crippen LogP contribution >= 0.6 is 0 Å². The van der Waals surface area contributed by atoms with Crippen molar-refractivity contribution in [1.82, 2.24) is 29.4 Å². The first-order valence-electron chi connectivity index (χ1n) is 8.94. The van der Waals surface area contributed by atoms with Gasteiger partial charge in [-0.25, -0.2) is 18.6 Å². The first-order chi connectivity index (χ1) is 13.2. The van der Waals surface area contributed by atoms with Crippen molar-refractivity contribution in [3.63, 3.8) is 0 Å². The van der Waals surface area contributed by atoms with Crippen LogP contribution < -0.4 is 4.90 Å². The summed E-state index contributed by atoms with van der Waals surface area (Å²) in [6.07, 6.45) is 10.8. The number of rotatable bonds is 3. The summed E-state index contributed by atoms with van der Waals surface area (Å²) in [6, 6.07) is 4.88. The third-order valence-corrected chi connectivity index (χ3v) is 4.94. The number of pyridine rings is 1. The van der Waals surface area contributed by atoms with Gasteiger partial charge in [-0.05, 0) is 43.5 Å². The quantitative estimate of drug-likeness (QED) is 0.560. The molecule has 0 saturated carbocycles. The van der Waals surface area contributed by atoms with Gasteiger partial charge in [-0.3, -0.25) is 4.98 Å². The molecule has 4 aromatic heterocycles. The smallest absolute Gasteiger partial charge is 0.183 e. The van der Waals surface area contributed by atoms with Crippen molar-refractivity contribution < 1.29 is 4.39 Å². The molecule has 1 atom stereocenters. The Morgan fingerprint density at radius 2 is 2.11 bits per heavy atom. The molecule has 1 saturated heterocycles. The molecule has 1 aliphatic heterocycles. The fourth-order valence-electron chi connectivity index (χ4n) is 3.68. The molecule has 5 rings (SSSR count). The van der Waals surface area contributed by atoms with E-state index in [1.54, 1.807) is 33.9 Å². The molecule has 4 aromatic rings. The Morgan fingerprint density at radius 1 is 1.19 bits per heavy atom. The number of fused-ring (bicyclic) bond motifs is 1. The predicted octanol–water partition coefficient (Wildman–Crippen LogP) is 3.10. The van der Waals surface area contributed by atoms with Crippen LogP contribution in [0.4, 0.5) is 10.2 Å². The van der Waals surface area contributed by atoms with Crippen LogP contribution in [0.15, 0.2) is 49.2 Å². The average molecular weight is 363 g/mol. The maximum atomic E-state index is 14.3. The Kier molecular flexibility index (Phi) is 3.63. The summed E-state index contributed by atoms with van der Waals surface area (Å²) < 4.78 is 17.8. The van der Waals surface area contributed by atoms with Gasteiger partial charge in [-0.2, -0.15) is 10.2 Å². The largest absolute Gasteiger partial charge is 0.348 e. The van der Waals surface area contributed by atoms with Gasteiger partial charge >= 0.3 is 0 Å². The van der Waals surface area contributed by atoms with Gasteiger partial charge in [0.2, 0.25) is 0 Å². The topological polar surface area (TPSA) is 64.1 Å². The van der Waals surface area contributed by atoms with E-state index in [4.69, 9.17) is 4.98 Å². The lowest BCUT2D eigenvalue weighted by Gasteiger charge is -2.25. The third kappa shape index (κ3) is 2.64. The maximum Gasteiger partial charge on any atom is 0.183 e. The van der Waals surface area contributed by atoms with Crippen molar-refractivity contribution in [3.05, 3.63) is 66.3 Å². The minimum atomic E-state index is -0.271. The van der Waals surface area contributed by atoms with Crippen LogP contribution in [0.3, 0.4) is 0 Å². The summed E-state index contributed by atoms with van der Waals surface area (Å²) in [5, 5.41) is 8.73. The Labute approximate surface area is 155 Å². The van der Waals surface area contributed by atoms with E-state index in [0.29, 0.717) is 11.3 Å². The molecule has 5 heterocycles.